The molecule has 6 heteroatoms. The third kappa shape index (κ3) is 3.22. The van der Waals surface area contributed by atoms with Crippen LogP contribution in [0.5, 0.6) is 0 Å². The van der Waals surface area contributed by atoms with E-state index in [4.69, 9.17) is 0 Å². The Morgan fingerprint density at radius 3 is 2.52 bits per heavy atom. The van der Waals surface area contributed by atoms with Crippen LogP contribution in [0.4, 0.5) is 5.82 Å². The lowest BCUT2D eigenvalue weighted by Gasteiger charge is -2.18. The molecule has 120 valence electrons. The normalized spacial score (nSPS) is 13.3. The molecule has 0 bridgehead atoms. The zero-order valence-corrected chi connectivity index (χ0v) is 15.3. The van der Waals surface area contributed by atoms with Crippen molar-refractivity contribution in [3.8, 4) is 0 Å². The molecular formula is C17H20BrN5. The molecule has 0 saturated carbocycles. The summed E-state index contributed by atoms with van der Waals surface area (Å²) in [4.78, 5) is 0. The molecule has 1 atom stereocenters. The van der Waals surface area contributed by atoms with E-state index >= 15 is 0 Å². The molecule has 2 heterocycles. The van der Waals surface area contributed by atoms with E-state index in [0.717, 1.165) is 21.8 Å². The van der Waals surface area contributed by atoms with E-state index in [9.17, 15) is 0 Å². The van der Waals surface area contributed by atoms with Crippen LogP contribution in [-0.4, -0.2) is 19.8 Å². The number of hydrogen-bond donors (Lipinski definition) is 1. The van der Waals surface area contributed by atoms with Crippen molar-refractivity contribution in [3.63, 3.8) is 0 Å². The molecule has 0 aliphatic rings. The van der Waals surface area contributed by atoms with Crippen LogP contribution in [0.25, 0.3) is 5.65 Å². The molecule has 1 aromatic carbocycles. The Balaban J connectivity index is 1.93. The Morgan fingerprint density at radius 2 is 1.83 bits per heavy atom. The van der Waals surface area contributed by atoms with Gasteiger partial charge in [0, 0.05) is 9.89 Å². The summed E-state index contributed by atoms with van der Waals surface area (Å²) >= 11 is 3.60. The Labute approximate surface area is 144 Å². The first kappa shape index (κ1) is 15.9. The summed E-state index contributed by atoms with van der Waals surface area (Å²) in [5, 5.41) is 16.6. The first-order chi connectivity index (χ1) is 10.9. The molecule has 0 saturated heterocycles. The number of anilines is 1. The molecule has 0 spiro atoms. The fourth-order valence-electron chi connectivity index (χ4n) is 2.46. The first-order valence-electron chi connectivity index (χ1n) is 7.60. The summed E-state index contributed by atoms with van der Waals surface area (Å²) in [5.41, 5.74) is 1.84. The predicted octanol–water partition coefficient (Wildman–Crippen LogP) is 4.36. The van der Waals surface area contributed by atoms with Crippen molar-refractivity contribution >= 4 is 27.4 Å². The van der Waals surface area contributed by atoms with E-state index in [1.807, 2.05) is 34.8 Å². The zero-order chi connectivity index (χ0) is 16.6. The van der Waals surface area contributed by atoms with Gasteiger partial charge in [0.05, 0.1) is 6.04 Å². The van der Waals surface area contributed by atoms with Crippen LogP contribution < -0.4 is 5.32 Å². The number of halogens is 1. The van der Waals surface area contributed by atoms with Gasteiger partial charge in [-0.05, 0) is 30.7 Å². The minimum atomic E-state index is -0.112. The molecular weight excluding hydrogens is 354 g/mol. The first-order valence-corrected chi connectivity index (χ1v) is 8.39. The molecule has 1 unspecified atom stereocenters. The standard InChI is InChI=1S/C17H20BrN5/c1-11(12-7-5-6-8-13(12)18)19-14-9-10-15-20-21-16(17(2,3)4)23(15)22-14/h5-11H,1-4H3,(H,19,22). The third-order valence-electron chi connectivity index (χ3n) is 3.67. The van der Waals surface area contributed by atoms with Crippen molar-refractivity contribution < 1.29 is 0 Å². The van der Waals surface area contributed by atoms with Crippen LogP contribution in [0.1, 0.15) is 45.1 Å². The maximum Gasteiger partial charge on any atom is 0.178 e. The smallest absolute Gasteiger partial charge is 0.178 e. The van der Waals surface area contributed by atoms with Crippen LogP contribution in [0.3, 0.4) is 0 Å². The summed E-state index contributed by atoms with van der Waals surface area (Å²) < 4.78 is 2.90. The second-order valence-electron chi connectivity index (χ2n) is 6.65. The highest BCUT2D eigenvalue weighted by Crippen LogP contribution is 2.26. The maximum absolute atomic E-state index is 4.66. The molecule has 0 aliphatic heterocycles. The third-order valence-corrected chi connectivity index (χ3v) is 4.39. The van der Waals surface area contributed by atoms with Crippen LogP contribution in [0.15, 0.2) is 40.9 Å². The Bertz CT molecular complexity index is 834. The van der Waals surface area contributed by atoms with E-state index in [-0.39, 0.29) is 11.5 Å². The van der Waals surface area contributed by atoms with Gasteiger partial charge in [-0.15, -0.1) is 15.3 Å². The van der Waals surface area contributed by atoms with E-state index < -0.39 is 0 Å². The molecule has 0 amide bonds. The van der Waals surface area contributed by atoms with E-state index in [2.05, 4.69) is 70.3 Å². The molecule has 0 radical (unpaired) electrons. The minimum Gasteiger partial charge on any atom is -0.362 e. The molecule has 23 heavy (non-hydrogen) atoms. The van der Waals surface area contributed by atoms with Crippen molar-refractivity contribution in [2.24, 2.45) is 0 Å². The highest BCUT2D eigenvalue weighted by molar-refractivity contribution is 9.10. The van der Waals surface area contributed by atoms with Crippen molar-refractivity contribution in [2.75, 3.05) is 5.32 Å². The van der Waals surface area contributed by atoms with Crippen molar-refractivity contribution in [2.45, 2.75) is 39.2 Å². The molecule has 5 nitrogen and oxygen atoms in total. The van der Waals surface area contributed by atoms with Crippen LogP contribution in [-0.2, 0) is 5.41 Å². The number of hydrogen-bond acceptors (Lipinski definition) is 4. The van der Waals surface area contributed by atoms with E-state index in [1.165, 1.54) is 5.56 Å². The SMILES string of the molecule is CC(Nc1ccc2nnc(C(C)(C)C)n2n1)c1ccccc1Br. The molecule has 1 N–H and O–H groups in total. The largest absolute Gasteiger partial charge is 0.362 e. The van der Waals surface area contributed by atoms with Crippen molar-refractivity contribution in [1.29, 1.82) is 0 Å². The molecule has 0 fully saturated rings. The minimum absolute atomic E-state index is 0.112. The van der Waals surface area contributed by atoms with E-state index in [0.29, 0.717) is 0 Å². The van der Waals surface area contributed by atoms with Gasteiger partial charge in [-0.3, -0.25) is 0 Å². The summed E-state index contributed by atoms with van der Waals surface area (Å²) in [6.45, 7) is 8.43. The zero-order valence-electron chi connectivity index (χ0n) is 13.7. The number of aromatic nitrogens is 4. The lowest BCUT2D eigenvalue weighted by molar-refractivity contribution is 0.527. The highest BCUT2D eigenvalue weighted by atomic mass is 79.9. The topological polar surface area (TPSA) is 55.1 Å². The second-order valence-corrected chi connectivity index (χ2v) is 7.50. The predicted molar refractivity (Wildman–Crippen MR) is 95.7 cm³/mol. The average molecular weight is 374 g/mol. The Kier molecular flexibility index (Phi) is 4.10. The van der Waals surface area contributed by atoms with Gasteiger partial charge in [-0.1, -0.05) is 54.9 Å². The monoisotopic (exact) mass is 373 g/mol. The second kappa shape index (κ2) is 5.92. The van der Waals surface area contributed by atoms with Crippen molar-refractivity contribution in [3.05, 3.63) is 52.3 Å². The van der Waals surface area contributed by atoms with Gasteiger partial charge in [-0.25, -0.2) is 0 Å². The lowest BCUT2D eigenvalue weighted by atomic mass is 9.96. The highest BCUT2D eigenvalue weighted by Gasteiger charge is 2.22. The number of rotatable bonds is 3. The van der Waals surface area contributed by atoms with Gasteiger partial charge in [0.15, 0.2) is 11.5 Å². The number of fused-ring (bicyclic) bond motifs is 1. The van der Waals surface area contributed by atoms with Crippen LogP contribution >= 0.6 is 15.9 Å². The quantitative estimate of drug-likeness (QED) is 0.740. The van der Waals surface area contributed by atoms with Gasteiger partial charge >= 0.3 is 0 Å². The Hall–Kier alpha value is -1.95. The Morgan fingerprint density at radius 1 is 1.09 bits per heavy atom. The summed E-state index contributed by atoms with van der Waals surface area (Å²) in [5.74, 6) is 1.65. The number of nitrogens with zero attached hydrogens (tertiary/aromatic N) is 4. The lowest BCUT2D eigenvalue weighted by Crippen LogP contribution is -2.18. The molecule has 3 rings (SSSR count). The maximum atomic E-state index is 4.66. The molecule has 3 aromatic rings. The summed E-state index contributed by atoms with van der Waals surface area (Å²) in [6.07, 6.45) is 0. The molecule has 0 aliphatic carbocycles. The van der Waals surface area contributed by atoms with Crippen molar-refractivity contribution in [1.82, 2.24) is 19.8 Å². The van der Waals surface area contributed by atoms with E-state index in [1.54, 1.807) is 0 Å². The van der Waals surface area contributed by atoms with Crippen LogP contribution in [0, 0.1) is 0 Å². The fourth-order valence-corrected chi connectivity index (χ4v) is 3.09. The van der Waals surface area contributed by atoms with Gasteiger partial charge in [0.2, 0.25) is 0 Å². The number of nitrogens with one attached hydrogen (secondary N) is 1. The van der Waals surface area contributed by atoms with Crippen LogP contribution in [0.2, 0.25) is 0 Å². The number of benzene rings is 1. The summed E-state index contributed by atoms with van der Waals surface area (Å²) in [6, 6.07) is 12.2. The average Bonchev–Trinajstić information content (AvgIpc) is 2.90. The van der Waals surface area contributed by atoms with Gasteiger partial charge in [-0.2, -0.15) is 4.52 Å². The summed E-state index contributed by atoms with van der Waals surface area (Å²) in [7, 11) is 0. The van der Waals surface area contributed by atoms with Gasteiger partial charge < -0.3 is 5.32 Å². The van der Waals surface area contributed by atoms with Gasteiger partial charge in [0.25, 0.3) is 0 Å². The molecule has 2 aromatic heterocycles. The fraction of sp³-hybridized carbons (Fsp3) is 0.353. The van der Waals surface area contributed by atoms with Gasteiger partial charge in [0.1, 0.15) is 5.82 Å².